The molecule has 2 aromatic carbocycles. The smallest absolute Gasteiger partial charge is 0.294 e. The Bertz CT molecular complexity index is 681. The van der Waals surface area contributed by atoms with Gasteiger partial charge in [-0.1, -0.05) is 50.1 Å². The highest BCUT2D eigenvalue weighted by atomic mass is 79.9. The average molecular weight is 422 g/mol. The number of Topliss-reactive ketones (excluding diaryl/α,β-unsaturated/α-hetero) is 1. The molecule has 0 saturated carbocycles. The molecule has 0 unspecified atom stereocenters. The Balaban J connectivity index is 2.24. The Morgan fingerprint density at radius 3 is 2.38 bits per heavy atom. The summed E-state index contributed by atoms with van der Waals surface area (Å²) in [7, 11) is 0. The number of halogens is 5. The molecule has 0 atom stereocenters. The molecule has 0 aromatic heterocycles. The molecule has 0 N–H and O–H groups in total. The van der Waals surface area contributed by atoms with Gasteiger partial charge < -0.3 is 0 Å². The van der Waals surface area contributed by atoms with Crippen molar-refractivity contribution in [2.24, 2.45) is 0 Å². The molecule has 0 radical (unpaired) electrons. The van der Waals surface area contributed by atoms with E-state index in [4.69, 9.17) is 0 Å². The minimum Gasteiger partial charge on any atom is -0.294 e. The topological polar surface area (TPSA) is 17.1 Å². The summed E-state index contributed by atoms with van der Waals surface area (Å²) in [4.78, 5) is 12.2. The van der Waals surface area contributed by atoms with Crippen molar-refractivity contribution in [3.8, 4) is 0 Å². The highest BCUT2D eigenvalue weighted by Crippen LogP contribution is 2.30. The van der Waals surface area contributed by atoms with Crippen LogP contribution < -0.4 is 0 Å². The summed E-state index contributed by atoms with van der Waals surface area (Å²) in [5.41, 5.74) is 0.0305. The molecule has 2 aromatic rings. The molecule has 21 heavy (non-hydrogen) atoms. The molecule has 2 rings (SSSR count). The van der Waals surface area contributed by atoms with Gasteiger partial charge in [-0.2, -0.15) is 13.2 Å². The van der Waals surface area contributed by atoms with Crippen molar-refractivity contribution in [2.75, 3.05) is 0 Å². The van der Waals surface area contributed by atoms with E-state index in [-0.39, 0.29) is 12.2 Å². The number of ketones is 1. The number of hydrogen-bond acceptors (Lipinski definition) is 1. The van der Waals surface area contributed by atoms with E-state index >= 15 is 0 Å². The normalized spacial score (nSPS) is 11.5. The lowest BCUT2D eigenvalue weighted by Crippen LogP contribution is -2.08. The predicted molar refractivity (Wildman–Crippen MR) is 81.3 cm³/mol. The monoisotopic (exact) mass is 420 g/mol. The maximum atomic E-state index is 12.6. The van der Waals surface area contributed by atoms with Crippen molar-refractivity contribution in [2.45, 2.75) is 12.6 Å². The Hall–Kier alpha value is -1.14. The number of hydrogen-bond donors (Lipinski definition) is 0. The van der Waals surface area contributed by atoms with Gasteiger partial charge in [-0.3, -0.25) is 4.79 Å². The second kappa shape index (κ2) is 6.32. The van der Waals surface area contributed by atoms with E-state index in [9.17, 15) is 18.0 Å². The molecule has 0 aliphatic carbocycles. The molecule has 0 aliphatic heterocycles. The highest BCUT2D eigenvalue weighted by Gasteiger charge is 2.30. The number of carbonyl (C=O) groups is 1. The van der Waals surface area contributed by atoms with Crippen molar-refractivity contribution < 1.29 is 18.0 Å². The summed E-state index contributed by atoms with van der Waals surface area (Å²) in [6, 6.07) is 9.88. The van der Waals surface area contributed by atoms with E-state index in [2.05, 4.69) is 31.9 Å². The minimum atomic E-state index is -4.41. The molecule has 6 heteroatoms. The third-order valence-corrected chi connectivity index (χ3v) is 4.00. The maximum Gasteiger partial charge on any atom is 0.416 e. The number of benzene rings is 2. The van der Waals surface area contributed by atoms with Crippen LogP contribution in [0.25, 0.3) is 0 Å². The van der Waals surface area contributed by atoms with Gasteiger partial charge >= 0.3 is 6.18 Å². The van der Waals surface area contributed by atoms with Crippen LogP contribution >= 0.6 is 31.9 Å². The van der Waals surface area contributed by atoms with E-state index in [1.165, 1.54) is 12.1 Å². The fraction of sp³-hybridized carbons (Fsp3) is 0.133. The highest BCUT2D eigenvalue weighted by molar-refractivity contribution is 9.11. The molecule has 0 bridgehead atoms. The first-order valence-electron chi connectivity index (χ1n) is 5.92. The van der Waals surface area contributed by atoms with Crippen molar-refractivity contribution in [3.63, 3.8) is 0 Å². The summed E-state index contributed by atoms with van der Waals surface area (Å²) < 4.78 is 39.3. The Morgan fingerprint density at radius 1 is 1.05 bits per heavy atom. The molecule has 110 valence electrons. The van der Waals surface area contributed by atoms with Crippen LogP contribution in [0.15, 0.2) is 51.4 Å². The molecule has 1 nitrogen and oxygen atoms in total. The van der Waals surface area contributed by atoms with Gasteiger partial charge in [0.1, 0.15) is 0 Å². The Morgan fingerprint density at radius 2 is 1.76 bits per heavy atom. The Kier molecular flexibility index (Phi) is 4.88. The van der Waals surface area contributed by atoms with Gasteiger partial charge in [0.15, 0.2) is 5.78 Å². The summed E-state index contributed by atoms with van der Waals surface area (Å²) in [6.07, 6.45) is -4.48. The quantitative estimate of drug-likeness (QED) is 0.584. The van der Waals surface area contributed by atoms with Gasteiger partial charge in [-0.05, 0) is 29.8 Å². The lowest BCUT2D eigenvalue weighted by molar-refractivity contribution is -0.137. The molecule has 0 spiro atoms. The van der Waals surface area contributed by atoms with Crippen LogP contribution in [0.2, 0.25) is 0 Å². The Labute approximate surface area is 136 Å². The second-order valence-electron chi connectivity index (χ2n) is 4.42. The minimum absolute atomic E-state index is 0.0792. The molecule has 0 fully saturated rings. The number of carbonyl (C=O) groups excluding carboxylic acids is 1. The SMILES string of the molecule is O=C(Cc1cccc(C(F)(F)F)c1)c1ccc(Br)cc1Br. The molecular weight excluding hydrogens is 413 g/mol. The standard InChI is InChI=1S/C15H9Br2F3O/c16-11-4-5-12(13(17)8-11)14(21)7-9-2-1-3-10(6-9)15(18,19)20/h1-6,8H,7H2. The first kappa shape index (κ1) is 16.2. The van der Waals surface area contributed by atoms with Crippen LogP contribution in [-0.4, -0.2) is 5.78 Å². The first-order chi connectivity index (χ1) is 9.77. The average Bonchev–Trinajstić information content (AvgIpc) is 2.37. The number of alkyl halides is 3. The van der Waals surface area contributed by atoms with Gasteiger partial charge in [0.05, 0.1) is 5.56 Å². The molecular formula is C15H9Br2F3O. The largest absolute Gasteiger partial charge is 0.416 e. The van der Waals surface area contributed by atoms with Gasteiger partial charge in [0, 0.05) is 20.9 Å². The van der Waals surface area contributed by atoms with Crippen LogP contribution in [0.1, 0.15) is 21.5 Å². The van der Waals surface area contributed by atoms with Crippen LogP contribution in [0.5, 0.6) is 0 Å². The van der Waals surface area contributed by atoms with Crippen LogP contribution in [0.4, 0.5) is 13.2 Å². The molecule has 0 heterocycles. The third-order valence-electron chi connectivity index (χ3n) is 2.85. The van der Waals surface area contributed by atoms with Crippen LogP contribution in [-0.2, 0) is 12.6 Å². The molecule has 0 aliphatic rings. The fourth-order valence-electron chi connectivity index (χ4n) is 1.85. The summed E-state index contributed by atoms with van der Waals surface area (Å²) in [6.45, 7) is 0. The number of rotatable bonds is 3. The van der Waals surface area contributed by atoms with Gasteiger partial charge in [-0.25, -0.2) is 0 Å². The molecule has 0 amide bonds. The van der Waals surface area contributed by atoms with Crippen molar-refractivity contribution >= 4 is 37.6 Å². The van der Waals surface area contributed by atoms with Gasteiger partial charge in [0.25, 0.3) is 0 Å². The van der Waals surface area contributed by atoms with E-state index in [0.717, 1.165) is 16.6 Å². The van der Waals surface area contributed by atoms with Crippen molar-refractivity contribution in [1.29, 1.82) is 0 Å². The van der Waals surface area contributed by atoms with E-state index in [1.54, 1.807) is 18.2 Å². The van der Waals surface area contributed by atoms with Gasteiger partial charge in [-0.15, -0.1) is 0 Å². The zero-order chi connectivity index (χ0) is 15.6. The lowest BCUT2D eigenvalue weighted by Gasteiger charge is -2.09. The maximum absolute atomic E-state index is 12.6. The summed E-state index contributed by atoms with van der Waals surface area (Å²) in [5, 5.41) is 0. The zero-order valence-corrected chi connectivity index (χ0v) is 13.7. The summed E-state index contributed by atoms with van der Waals surface area (Å²) in [5.74, 6) is -0.242. The van der Waals surface area contributed by atoms with E-state index in [0.29, 0.717) is 15.6 Å². The van der Waals surface area contributed by atoms with E-state index < -0.39 is 11.7 Å². The van der Waals surface area contributed by atoms with Crippen LogP contribution in [0.3, 0.4) is 0 Å². The van der Waals surface area contributed by atoms with Crippen molar-refractivity contribution in [3.05, 3.63) is 68.1 Å². The third kappa shape index (κ3) is 4.17. The van der Waals surface area contributed by atoms with E-state index in [1.807, 2.05) is 0 Å². The second-order valence-corrected chi connectivity index (χ2v) is 6.19. The first-order valence-corrected chi connectivity index (χ1v) is 7.50. The predicted octanol–water partition coefficient (Wildman–Crippen LogP) is 5.66. The lowest BCUT2D eigenvalue weighted by atomic mass is 10.0. The fourth-order valence-corrected chi connectivity index (χ4v) is 3.12. The molecule has 0 saturated heterocycles. The summed E-state index contributed by atoms with van der Waals surface area (Å²) >= 11 is 6.55. The zero-order valence-electron chi connectivity index (χ0n) is 10.5. The van der Waals surface area contributed by atoms with Crippen LogP contribution in [0, 0.1) is 0 Å². The van der Waals surface area contributed by atoms with Gasteiger partial charge in [0.2, 0.25) is 0 Å². The van der Waals surface area contributed by atoms with Crippen molar-refractivity contribution in [1.82, 2.24) is 0 Å².